The van der Waals surface area contributed by atoms with Crippen LogP contribution in [-0.2, 0) is 6.42 Å². The Kier molecular flexibility index (Phi) is 4.30. The Balaban J connectivity index is 2.12. The third-order valence-electron chi connectivity index (χ3n) is 3.77. The molecule has 0 spiro atoms. The fourth-order valence-electron chi connectivity index (χ4n) is 2.49. The zero-order chi connectivity index (χ0) is 12.3. The first-order valence-electron chi connectivity index (χ1n) is 6.24. The van der Waals surface area contributed by atoms with E-state index < -0.39 is 0 Å². The SMILES string of the molecule is CNC(Cc1cc(Cl)ccc1OC)C1CCC1. The summed E-state index contributed by atoms with van der Waals surface area (Å²) >= 11 is 6.05. The molecule has 3 heteroatoms. The van der Waals surface area contributed by atoms with Gasteiger partial charge < -0.3 is 10.1 Å². The van der Waals surface area contributed by atoms with Gasteiger partial charge in [-0.1, -0.05) is 18.0 Å². The predicted octanol–water partition coefficient (Wildman–Crippen LogP) is 3.28. The average molecular weight is 254 g/mol. The fraction of sp³-hybridized carbons (Fsp3) is 0.571. The molecule has 1 aliphatic rings. The van der Waals surface area contributed by atoms with E-state index in [-0.39, 0.29) is 0 Å². The zero-order valence-electron chi connectivity index (χ0n) is 10.5. The molecule has 0 heterocycles. The molecule has 2 rings (SSSR count). The smallest absolute Gasteiger partial charge is 0.122 e. The van der Waals surface area contributed by atoms with Crippen LogP contribution < -0.4 is 10.1 Å². The molecule has 1 aromatic rings. The van der Waals surface area contributed by atoms with Gasteiger partial charge in [-0.05, 0) is 56.0 Å². The number of halogens is 1. The second kappa shape index (κ2) is 5.74. The van der Waals surface area contributed by atoms with Crippen molar-refractivity contribution in [3.8, 4) is 5.75 Å². The van der Waals surface area contributed by atoms with Gasteiger partial charge in [0.05, 0.1) is 7.11 Å². The van der Waals surface area contributed by atoms with Crippen molar-refractivity contribution in [2.24, 2.45) is 5.92 Å². The Morgan fingerprint density at radius 3 is 2.76 bits per heavy atom. The molecule has 1 N–H and O–H groups in total. The van der Waals surface area contributed by atoms with Gasteiger partial charge in [-0.25, -0.2) is 0 Å². The first kappa shape index (κ1) is 12.7. The molecular formula is C14H20ClNO. The standard InChI is InChI=1S/C14H20ClNO/c1-16-13(10-4-3-5-10)9-11-8-12(15)6-7-14(11)17-2/h6-8,10,13,16H,3-5,9H2,1-2H3. The van der Waals surface area contributed by atoms with Crippen LogP contribution in [-0.4, -0.2) is 20.2 Å². The van der Waals surface area contributed by atoms with Crippen LogP contribution in [0.15, 0.2) is 18.2 Å². The first-order valence-corrected chi connectivity index (χ1v) is 6.62. The van der Waals surface area contributed by atoms with Crippen LogP contribution in [0.2, 0.25) is 5.02 Å². The van der Waals surface area contributed by atoms with E-state index in [1.807, 2.05) is 25.2 Å². The molecule has 0 amide bonds. The molecule has 1 fully saturated rings. The maximum atomic E-state index is 6.05. The lowest BCUT2D eigenvalue weighted by atomic mass is 9.77. The van der Waals surface area contributed by atoms with E-state index in [9.17, 15) is 0 Å². The van der Waals surface area contributed by atoms with Crippen LogP contribution in [0.1, 0.15) is 24.8 Å². The lowest BCUT2D eigenvalue weighted by Crippen LogP contribution is -2.39. The normalized spacial score (nSPS) is 17.6. The maximum Gasteiger partial charge on any atom is 0.122 e. The summed E-state index contributed by atoms with van der Waals surface area (Å²) < 4.78 is 5.39. The molecule has 1 aromatic carbocycles. The topological polar surface area (TPSA) is 21.3 Å². The van der Waals surface area contributed by atoms with Crippen LogP contribution in [0.4, 0.5) is 0 Å². The van der Waals surface area contributed by atoms with Crippen LogP contribution in [0, 0.1) is 5.92 Å². The Labute approximate surface area is 108 Å². The summed E-state index contributed by atoms with van der Waals surface area (Å²) in [6.07, 6.45) is 5.04. The lowest BCUT2D eigenvalue weighted by molar-refractivity contribution is 0.234. The van der Waals surface area contributed by atoms with Gasteiger partial charge in [0.1, 0.15) is 5.75 Å². The Bertz CT molecular complexity index is 376. The second-order valence-corrected chi connectivity index (χ2v) is 5.18. The van der Waals surface area contributed by atoms with Gasteiger partial charge in [0.25, 0.3) is 0 Å². The van der Waals surface area contributed by atoms with Gasteiger partial charge in [0.2, 0.25) is 0 Å². The fourth-order valence-corrected chi connectivity index (χ4v) is 2.68. The molecule has 94 valence electrons. The van der Waals surface area contributed by atoms with Crippen molar-refractivity contribution in [2.45, 2.75) is 31.7 Å². The quantitative estimate of drug-likeness (QED) is 0.870. The van der Waals surface area contributed by atoms with Gasteiger partial charge in [-0.15, -0.1) is 0 Å². The maximum absolute atomic E-state index is 6.05. The summed E-state index contributed by atoms with van der Waals surface area (Å²) in [5, 5.41) is 4.21. The molecule has 0 saturated heterocycles. The molecule has 17 heavy (non-hydrogen) atoms. The number of methoxy groups -OCH3 is 1. The second-order valence-electron chi connectivity index (χ2n) is 4.75. The van der Waals surface area contributed by atoms with Crippen molar-refractivity contribution < 1.29 is 4.74 Å². The highest BCUT2D eigenvalue weighted by Crippen LogP contribution is 2.33. The molecule has 2 nitrogen and oxygen atoms in total. The van der Waals surface area contributed by atoms with Gasteiger partial charge >= 0.3 is 0 Å². The molecule has 0 radical (unpaired) electrons. The van der Waals surface area contributed by atoms with Crippen molar-refractivity contribution in [1.82, 2.24) is 5.32 Å². The Morgan fingerprint density at radius 1 is 1.47 bits per heavy atom. The number of hydrogen-bond donors (Lipinski definition) is 1. The van der Waals surface area contributed by atoms with Crippen LogP contribution in [0.5, 0.6) is 5.75 Å². The highest BCUT2D eigenvalue weighted by atomic mass is 35.5. The van der Waals surface area contributed by atoms with Crippen molar-refractivity contribution >= 4 is 11.6 Å². The molecule has 1 unspecified atom stereocenters. The molecule has 1 saturated carbocycles. The third-order valence-corrected chi connectivity index (χ3v) is 4.01. The summed E-state index contributed by atoms with van der Waals surface area (Å²) in [5.74, 6) is 1.75. The van der Waals surface area contributed by atoms with Crippen LogP contribution in [0.3, 0.4) is 0 Å². The van der Waals surface area contributed by atoms with E-state index in [0.29, 0.717) is 6.04 Å². The summed E-state index contributed by atoms with van der Waals surface area (Å²) in [4.78, 5) is 0. The molecular weight excluding hydrogens is 234 g/mol. The Hall–Kier alpha value is -0.730. The van der Waals surface area contributed by atoms with Crippen molar-refractivity contribution in [1.29, 1.82) is 0 Å². The van der Waals surface area contributed by atoms with E-state index in [4.69, 9.17) is 16.3 Å². The largest absolute Gasteiger partial charge is 0.496 e. The highest BCUT2D eigenvalue weighted by Gasteiger charge is 2.26. The summed E-state index contributed by atoms with van der Waals surface area (Å²) in [6.45, 7) is 0. The number of nitrogens with one attached hydrogen (secondary N) is 1. The predicted molar refractivity (Wildman–Crippen MR) is 71.9 cm³/mol. The van der Waals surface area contributed by atoms with Crippen molar-refractivity contribution in [3.05, 3.63) is 28.8 Å². The summed E-state index contributed by atoms with van der Waals surface area (Å²) in [6, 6.07) is 6.38. The Morgan fingerprint density at radius 2 is 2.24 bits per heavy atom. The molecule has 1 aliphatic carbocycles. The van der Waals surface area contributed by atoms with Gasteiger partial charge in [-0.3, -0.25) is 0 Å². The van der Waals surface area contributed by atoms with Crippen molar-refractivity contribution in [3.63, 3.8) is 0 Å². The number of hydrogen-bond acceptors (Lipinski definition) is 2. The van der Waals surface area contributed by atoms with E-state index in [1.165, 1.54) is 24.8 Å². The average Bonchev–Trinajstić information content (AvgIpc) is 2.26. The number of rotatable bonds is 5. The first-order chi connectivity index (χ1) is 8.24. The van der Waals surface area contributed by atoms with Gasteiger partial charge in [0.15, 0.2) is 0 Å². The van der Waals surface area contributed by atoms with E-state index in [0.717, 1.165) is 23.1 Å². The number of benzene rings is 1. The molecule has 1 atom stereocenters. The minimum absolute atomic E-state index is 0.538. The summed E-state index contributed by atoms with van der Waals surface area (Å²) in [5.41, 5.74) is 1.20. The van der Waals surface area contributed by atoms with Crippen molar-refractivity contribution in [2.75, 3.05) is 14.2 Å². The summed E-state index contributed by atoms with van der Waals surface area (Å²) in [7, 11) is 3.75. The third kappa shape index (κ3) is 2.93. The minimum Gasteiger partial charge on any atom is -0.496 e. The lowest BCUT2D eigenvalue weighted by Gasteiger charge is -2.34. The van der Waals surface area contributed by atoms with Gasteiger partial charge in [-0.2, -0.15) is 0 Å². The number of likely N-dealkylation sites (N-methyl/N-ethyl adjacent to an activating group) is 1. The van der Waals surface area contributed by atoms with E-state index >= 15 is 0 Å². The van der Waals surface area contributed by atoms with Crippen LogP contribution >= 0.6 is 11.6 Å². The minimum atomic E-state index is 0.538. The van der Waals surface area contributed by atoms with Crippen LogP contribution in [0.25, 0.3) is 0 Å². The van der Waals surface area contributed by atoms with Gasteiger partial charge in [0, 0.05) is 11.1 Å². The zero-order valence-corrected chi connectivity index (χ0v) is 11.3. The highest BCUT2D eigenvalue weighted by molar-refractivity contribution is 6.30. The molecule has 0 bridgehead atoms. The molecule has 0 aliphatic heterocycles. The molecule has 0 aromatic heterocycles. The van der Waals surface area contributed by atoms with E-state index in [2.05, 4.69) is 5.32 Å². The monoisotopic (exact) mass is 253 g/mol. The number of ether oxygens (including phenoxy) is 1. The van der Waals surface area contributed by atoms with E-state index in [1.54, 1.807) is 7.11 Å².